The van der Waals surface area contributed by atoms with Crippen molar-refractivity contribution in [3.63, 3.8) is 0 Å². The van der Waals surface area contributed by atoms with Gasteiger partial charge in [-0.2, -0.15) is 0 Å². The summed E-state index contributed by atoms with van der Waals surface area (Å²) in [5, 5.41) is 0. The van der Waals surface area contributed by atoms with E-state index in [4.69, 9.17) is 4.74 Å². The first-order valence-electron chi connectivity index (χ1n) is 7.77. The monoisotopic (exact) mass is 308 g/mol. The molecule has 0 aromatic heterocycles. The first-order chi connectivity index (χ1) is 10.3. The molecule has 2 amide bonds. The summed E-state index contributed by atoms with van der Waals surface area (Å²) in [7, 11) is 0. The molecule has 0 aromatic carbocycles. The highest BCUT2D eigenvalue weighted by atomic mass is 16.6. The van der Waals surface area contributed by atoms with Gasteiger partial charge in [0, 0.05) is 26.2 Å². The van der Waals surface area contributed by atoms with E-state index in [2.05, 4.69) is 13.2 Å². The normalized spacial score (nSPS) is 18.5. The van der Waals surface area contributed by atoms with E-state index in [0.717, 1.165) is 12.8 Å². The Morgan fingerprint density at radius 3 is 2.36 bits per heavy atom. The predicted octanol–water partition coefficient (Wildman–Crippen LogP) is 2.83. The zero-order valence-corrected chi connectivity index (χ0v) is 14.0. The molecule has 0 aliphatic carbocycles. The SMILES string of the molecule is C=CCN(CC=C)C(=O)C1CCCN(C(=O)OC(C)(C)C)C1. The van der Waals surface area contributed by atoms with Gasteiger partial charge in [0.1, 0.15) is 5.60 Å². The van der Waals surface area contributed by atoms with Gasteiger partial charge in [0.05, 0.1) is 5.92 Å². The molecule has 0 aromatic rings. The van der Waals surface area contributed by atoms with Crippen LogP contribution in [0.5, 0.6) is 0 Å². The highest BCUT2D eigenvalue weighted by Crippen LogP contribution is 2.21. The Morgan fingerprint density at radius 1 is 1.27 bits per heavy atom. The molecule has 124 valence electrons. The minimum atomic E-state index is -0.522. The molecular weight excluding hydrogens is 280 g/mol. The fourth-order valence-corrected chi connectivity index (χ4v) is 2.50. The highest BCUT2D eigenvalue weighted by Gasteiger charge is 2.32. The fourth-order valence-electron chi connectivity index (χ4n) is 2.50. The Kier molecular flexibility index (Phi) is 6.65. The molecule has 1 saturated heterocycles. The molecule has 1 atom stereocenters. The second-order valence-electron chi connectivity index (χ2n) is 6.59. The van der Waals surface area contributed by atoms with Gasteiger partial charge in [-0.3, -0.25) is 4.79 Å². The van der Waals surface area contributed by atoms with Crippen LogP contribution in [0.3, 0.4) is 0 Å². The van der Waals surface area contributed by atoms with E-state index in [1.165, 1.54) is 0 Å². The van der Waals surface area contributed by atoms with E-state index >= 15 is 0 Å². The van der Waals surface area contributed by atoms with Crippen molar-refractivity contribution in [1.29, 1.82) is 0 Å². The fraction of sp³-hybridized carbons (Fsp3) is 0.647. The van der Waals surface area contributed by atoms with Crippen molar-refractivity contribution in [1.82, 2.24) is 9.80 Å². The lowest BCUT2D eigenvalue weighted by atomic mass is 9.96. The molecule has 0 radical (unpaired) electrons. The molecule has 0 saturated carbocycles. The number of ether oxygens (including phenoxy) is 1. The molecule has 0 N–H and O–H groups in total. The third kappa shape index (κ3) is 5.54. The largest absolute Gasteiger partial charge is 0.444 e. The number of carbonyl (C=O) groups is 2. The maximum atomic E-state index is 12.6. The van der Waals surface area contributed by atoms with Crippen LogP contribution in [0.1, 0.15) is 33.6 Å². The number of hydrogen-bond donors (Lipinski definition) is 0. The van der Waals surface area contributed by atoms with Gasteiger partial charge in [-0.25, -0.2) is 4.79 Å². The van der Waals surface area contributed by atoms with Crippen molar-refractivity contribution < 1.29 is 14.3 Å². The summed E-state index contributed by atoms with van der Waals surface area (Å²) in [6, 6.07) is 0. The molecule has 1 fully saturated rings. The average molecular weight is 308 g/mol. The van der Waals surface area contributed by atoms with E-state index in [0.29, 0.717) is 26.2 Å². The van der Waals surface area contributed by atoms with E-state index < -0.39 is 5.60 Å². The first-order valence-corrected chi connectivity index (χ1v) is 7.77. The Hall–Kier alpha value is -1.78. The third-order valence-electron chi connectivity index (χ3n) is 3.43. The van der Waals surface area contributed by atoms with Crippen LogP contribution in [0.2, 0.25) is 0 Å². The number of likely N-dealkylation sites (tertiary alicyclic amines) is 1. The zero-order valence-electron chi connectivity index (χ0n) is 14.0. The van der Waals surface area contributed by atoms with E-state index in [1.54, 1.807) is 22.0 Å². The molecule has 5 nitrogen and oxygen atoms in total. The Balaban J connectivity index is 2.68. The standard InChI is InChI=1S/C17H28N2O3/c1-6-10-18(11-7-2)15(20)14-9-8-12-19(13-14)16(21)22-17(3,4)5/h6-7,14H,1-2,8-13H2,3-5H3. The van der Waals surface area contributed by atoms with Gasteiger partial charge < -0.3 is 14.5 Å². The van der Waals surface area contributed by atoms with Crippen LogP contribution in [0.25, 0.3) is 0 Å². The molecule has 1 aliphatic rings. The molecule has 1 unspecified atom stereocenters. The van der Waals surface area contributed by atoms with Crippen LogP contribution >= 0.6 is 0 Å². The van der Waals surface area contributed by atoms with Crippen LogP contribution in [0, 0.1) is 5.92 Å². The van der Waals surface area contributed by atoms with Gasteiger partial charge in [-0.05, 0) is 33.6 Å². The molecule has 1 rings (SSSR count). The molecule has 0 bridgehead atoms. The lowest BCUT2D eigenvalue weighted by Crippen LogP contribution is -2.48. The highest BCUT2D eigenvalue weighted by molar-refractivity contribution is 5.80. The van der Waals surface area contributed by atoms with Crippen molar-refractivity contribution in [3.05, 3.63) is 25.3 Å². The molecular formula is C17H28N2O3. The van der Waals surface area contributed by atoms with Crippen molar-refractivity contribution in [3.8, 4) is 0 Å². The number of nitrogens with zero attached hydrogens (tertiary/aromatic N) is 2. The number of carbonyl (C=O) groups excluding carboxylic acids is 2. The van der Waals surface area contributed by atoms with Crippen LogP contribution in [0.15, 0.2) is 25.3 Å². The summed E-state index contributed by atoms with van der Waals surface area (Å²) in [6.45, 7) is 14.9. The summed E-state index contributed by atoms with van der Waals surface area (Å²) < 4.78 is 5.39. The Morgan fingerprint density at radius 2 is 1.86 bits per heavy atom. The predicted molar refractivity (Wildman–Crippen MR) is 87.5 cm³/mol. The number of rotatable bonds is 5. The van der Waals surface area contributed by atoms with Crippen molar-refractivity contribution >= 4 is 12.0 Å². The summed E-state index contributed by atoms with van der Waals surface area (Å²) in [5.41, 5.74) is -0.522. The van der Waals surface area contributed by atoms with Crippen molar-refractivity contribution in [2.75, 3.05) is 26.2 Å². The minimum Gasteiger partial charge on any atom is -0.444 e. The number of amides is 2. The van der Waals surface area contributed by atoms with Gasteiger partial charge in [-0.1, -0.05) is 12.2 Å². The smallest absolute Gasteiger partial charge is 0.410 e. The second kappa shape index (κ2) is 8.01. The van der Waals surface area contributed by atoms with Crippen LogP contribution in [-0.2, 0) is 9.53 Å². The summed E-state index contributed by atoms with van der Waals surface area (Å²) >= 11 is 0. The molecule has 1 aliphatic heterocycles. The third-order valence-corrected chi connectivity index (χ3v) is 3.43. The van der Waals surface area contributed by atoms with Crippen LogP contribution in [-0.4, -0.2) is 53.6 Å². The lowest BCUT2D eigenvalue weighted by Gasteiger charge is -2.35. The van der Waals surface area contributed by atoms with Gasteiger partial charge in [-0.15, -0.1) is 13.2 Å². The van der Waals surface area contributed by atoms with Gasteiger partial charge in [0.15, 0.2) is 0 Å². The lowest BCUT2D eigenvalue weighted by molar-refractivity contribution is -0.136. The maximum Gasteiger partial charge on any atom is 0.410 e. The Bertz CT molecular complexity index is 416. The van der Waals surface area contributed by atoms with Crippen molar-refractivity contribution in [2.45, 2.75) is 39.2 Å². The second-order valence-corrected chi connectivity index (χ2v) is 6.59. The van der Waals surface area contributed by atoms with E-state index in [1.807, 2.05) is 20.8 Å². The Labute approximate surface area is 133 Å². The quantitative estimate of drug-likeness (QED) is 0.734. The molecule has 0 spiro atoms. The topological polar surface area (TPSA) is 49.9 Å². The van der Waals surface area contributed by atoms with E-state index in [9.17, 15) is 9.59 Å². The summed E-state index contributed by atoms with van der Waals surface area (Å²) in [4.78, 5) is 28.1. The maximum absolute atomic E-state index is 12.6. The van der Waals surface area contributed by atoms with Crippen LogP contribution < -0.4 is 0 Å². The van der Waals surface area contributed by atoms with Crippen molar-refractivity contribution in [2.24, 2.45) is 5.92 Å². The van der Waals surface area contributed by atoms with Gasteiger partial charge in [0.2, 0.25) is 5.91 Å². The van der Waals surface area contributed by atoms with Gasteiger partial charge >= 0.3 is 6.09 Å². The summed E-state index contributed by atoms with van der Waals surface area (Å²) in [5.74, 6) is -0.130. The molecule has 22 heavy (non-hydrogen) atoms. The van der Waals surface area contributed by atoms with E-state index in [-0.39, 0.29) is 17.9 Å². The number of hydrogen-bond acceptors (Lipinski definition) is 3. The minimum absolute atomic E-state index is 0.0491. The van der Waals surface area contributed by atoms with Gasteiger partial charge in [0.25, 0.3) is 0 Å². The first kappa shape index (κ1) is 18.3. The average Bonchev–Trinajstić information content (AvgIpc) is 2.44. The number of piperidine rings is 1. The molecule has 5 heteroatoms. The summed E-state index contributed by atoms with van der Waals surface area (Å²) in [6.07, 6.45) is 4.67. The zero-order chi connectivity index (χ0) is 16.8. The van der Waals surface area contributed by atoms with Crippen LogP contribution in [0.4, 0.5) is 4.79 Å². The molecule has 1 heterocycles.